The molecular weight excluding hydrogens is 527 g/mol. The topological polar surface area (TPSA) is 113 Å². The van der Waals surface area contributed by atoms with Crippen LogP contribution in [0.25, 0.3) is 17.0 Å². The summed E-state index contributed by atoms with van der Waals surface area (Å²) < 4.78 is 47.7. The van der Waals surface area contributed by atoms with E-state index in [1.54, 1.807) is 12.1 Å². The number of hydrogen-bond donors (Lipinski definition) is 2. The predicted octanol–water partition coefficient (Wildman–Crippen LogP) is 4.08. The van der Waals surface area contributed by atoms with Gasteiger partial charge in [-0.25, -0.2) is 15.0 Å². The van der Waals surface area contributed by atoms with E-state index in [-0.39, 0.29) is 28.9 Å². The first-order valence-corrected chi connectivity index (χ1v) is 12.0. The van der Waals surface area contributed by atoms with Gasteiger partial charge < -0.3 is 25.2 Å². The largest absolute Gasteiger partial charge is 0.479 e. The van der Waals surface area contributed by atoms with Crippen LogP contribution in [0.1, 0.15) is 5.69 Å². The molecule has 0 saturated carbocycles. The highest BCUT2D eigenvalue weighted by molar-refractivity contribution is 6.01. The number of anilines is 4. The lowest BCUT2D eigenvalue weighted by molar-refractivity contribution is -0.139. The van der Waals surface area contributed by atoms with Gasteiger partial charge >= 0.3 is 6.18 Å². The second-order valence-corrected chi connectivity index (χ2v) is 8.96. The Balaban J connectivity index is 1.74. The zero-order valence-electron chi connectivity index (χ0n) is 22.3. The molecule has 14 heteroatoms. The van der Waals surface area contributed by atoms with Crippen molar-refractivity contribution >= 4 is 34.6 Å². The van der Waals surface area contributed by atoms with Crippen molar-refractivity contribution < 1.29 is 22.7 Å². The molecule has 1 amide bonds. The number of nitrogens with zero attached hydrogens (tertiary/aromatic N) is 7. The molecule has 0 atom stereocenters. The number of methoxy groups -OCH3 is 1. The SMILES string of the molecule is C=CC(=O)Nc1cc(Nc2nccc(-c3nc(C(F)(F)F)c4ccccn34)n2)c(OC)nc1N(C)CCN(C)C. The molecule has 0 fully saturated rings. The van der Waals surface area contributed by atoms with E-state index in [2.05, 4.69) is 37.1 Å². The zero-order chi connectivity index (χ0) is 29.0. The fourth-order valence-electron chi connectivity index (χ4n) is 3.85. The van der Waals surface area contributed by atoms with Gasteiger partial charge in [0.15, 0.2) is 17.3 Å². The van der Waals surface area contributed by atoms with Crippen LogP contribution >= 0.6 is 0 Å². The van der Waals surface area contributed by atoms with E-state index in [0.717, 1.165) is 12.6 Å². The highest BCUT2D eigenvalue weighted by Gasteiger charge is 2.37. The van der Waals surface area contributed by atoms with Gasteiger partial charge in [-0.1, -0.05) is 12.6 Å². The maximum absolute atomic E-state index is 13.6. The van der Waals surface area contributed by atoms with Crippen LogP contribution in [0.2, 0.25) is 0 Å². The van der Waals surface area contributed by atoms with E-state index in [4.69, 9.17) is 4.74 Å². The van der Waals surface area contributed by atoms with E-state index in [9.17, 15) is 18.0 Å². The fourth-order valence-corrected chi connectivity index (χ4v) is 3.85. The fraction of sp³-hybridized carbons (Fsp3) is 0.269. The summed E-state index contributed by atoms with van der Waals surface area (Å²) in [4.78, 5) is 33.1. The number of likely N-dealkylation sites (N-methyl/N-ethyl adjacent to an activating group) is 2. The number of alkyl halides is 3. The van der Waals surface area contributed by atoms with Crippen LogP contribution in [0.3, 0.4) is 0 Å². The minimum atomic E-state index is -4.65. The van der Waals surface area contributed by atoms with Crippen molar-refractivity contribution in [3.8, 4) is 17.4 Å². The number of aromatic nitrogens is 5. The van der Waals surface area contributed by atoms with Crippen LogP contribution in [0.15, 0.2) is 55.4 Å². The van der Waals surface area contributed by atoms with Gasteiger partial charge in [0.25, 0.3) is 0 Å². The van der Waals surface area contributed by atoms with Crippen LogP contribution in [0, 0.1) is 0 Å². The Morgan fingerprint density at radius 1 is 1.12 bits per heavy atom. The number of rotatable bonds is 10. The summed E-state index contributed by atoms with van der Waals surface area (Å²) in [5.41, 5.74) is -0.270. The molecule has 4 aromatic rings. The van der Waals surface area contributed by atoms with E-state index in [1.165, 1.54) is 42.1 Å². The van der Waals surface area contributed by atoms with Crippen LogP contribution in [-0.2, 0) is 11.0 Å². The minimum Gasteiger partial charge on any atom is -0.479 e. The van der Waals surface area contributed by atoms with Gasteiger partial charge in [-0.05, 0) is 44.4 Å². The Labute approximate surface area is 228 Å². The standard InChI is InChI=1S/C26H28F3N9O2/c1-6-20(39)31-17-15-18(24(40-5)35-22(17)37(4)14-13-36(2)3)33-25-30-11-10-16(32-25)23-34-21(26(27,28)29)19-9-7-8-12-38(19)23/h6-12,15H,1,13-14H2,2-5H3,(H,31,39)(H,30,32,33). The molecular formula is C26H28F3N9O2. The summed E-state index contributed by atoms with van der Waals surface area (Å²) in [5.74, 6) is 0.245. The van der Waals surface area contributed by atoms with Gasteiger partial charge in [-0.2, -0.15) is 18.2 Å². The number of imidazole rings is 1. The molecule has 0 aromatic carbocycles. The summed E-state index contributed by atoms with van der Waals surface area (Å²) in [5, 5.41) is 5.74. The van der Waals surface area contributed by atoms with Crippen molar-refractivity contribution in [2.24, 2.45) is 0 Å². The van der Waals surface area contributed by atoms with Crippen LogP contribution in [0.5, 0.6) is 5.88 Å². The van der Waals surface area contributed by atoms with Crippen molar-refractivity contribution in [2.75, 3.05) is 56.9 Å². The van der Waals surface area contributed by atoms with Crippen molar-refractivity contribution in [1.29, 1.82) is 0 Å². The predicted molar refractivity (Wildman–Crippen MR) is 146 cm³/mol. The number of fused-ring (bicyclic) bond motifs is 1. The summed E-state index contributed by atoms with van der Waals surface area (Å²) in [6.07, 6.45) is -0.635. The number of nitrogens with one attached hydrogen (secondary N) is 2. The van der Waals surface area contributed by atoms with E-state index >= 15 is 0 Å². The summed E-state index contributed by atoms with van der Waals surface area (Å²) in [6, 6.07) is 7.52. The lowest BCUT2D eigenvalue weighted by Gasteiger charge is -2.24. The molecule has 0 aliphatic heterocycles. The molecule has 0 saturated heterocycles. The highest BCUT2D eigenvalue weighted by Crippen LogP contribution is 2.36. The van der Waals surface area contributed by atoms with Crippen LogP contribution in [0.4, 0.5) is 36.3 Å². The molecule has 0 radical (unpaired) electrons. The van der Waals surface area contributed by atoms with E-state index < -0.39 is 17.8 Å². The Hall–Kier alpha value is -4.72. The Bertz CT molecular complexity index is 1540. The number of carbonyl (C=O) groups excluding carboxylic acids is 1. The van der Waals surface area contributed by atoms with Gasteiger partial charge in [0, 0.05) is 32.5 Å². The summed E-state index contributed by atoms with van der Waals surface area (Å²) in [7, 11) is 7.16. The third-order valence-corrected chi connectivity index (χ3v) is 5.80. The smallest absolute Gasteiger partial charge is 0.435 e. The third kappa shape index (κ3) is 6.12. The molecule has 210 valence electrons. The first-order valence-electron chi connectivity index (χ1n) is 12.0. The monoisotopic (exact) mass is 555 g/mol. The zero-order valence-corrected chi connectivity index (χ0v) is 22.3. The number of hydrogen-bond acceptors (Lipinski definition) is 9. The number of halogens is 3. The molecule has 4 aromatic heterocycles. The average molecular weight is 556 g/mol. The second-order valence-electron chi connectivity index (χ2n) is 8.96. The molecule has 4 heterocycles. The highest BCUT2D eigenvalue weighted by atomic mass is 19.4. The van der Waals surface area contributed by atoms with Crippen molar-refractivity contribution in [2.45, 2.75) is 6.18 Å². The van der Waals surface area contributed by atoms with Gasteiger partial charge in [0.1, 0.15) is 11.4 Å². The maximum Gasteiger partial charge on any atom is 0.435 e. The van der Waals surface area contributed by atoms with E-state index in [0.29, 0.717) is 23.7 Å². The van der Waals surface area contributed by atoms with Gasteiger partial charge in [0.05, 0.1) is 18.3 Å². The molecule has 40 heavy (non-hydrogen) atoms. The van der Waals surface area contributed by atoms with Crippen LogP contribution < -0.4 is 20.3 Å². The molecule has 0 aliphatic carbocycles. The lowest BCUT2D eigenvalue weighted by Crippen LogP contribution is -2.30. The van der Waals surface area contributed by atoms with Crippen molar-refractivity contribution in [3.05, 3.63) is 61.1 Å². The van der Waals surface area contributed by atoms with Gasteiger partial charge in [-0.15, -0.1) is 0 Å². The van der Waals surface area contributed by atoms with E-state index in [1.807, 2.05) is 30.9 Å². The number of pyridine rings is 2. The number of carbonyl (C=O) groups is 1. The maximum atomic E-state index is 13.6. The lowest BCUT2D eigenvalue weighted by atomic mass is 10.3. The molecule has 0 unspecified atom stereocenters. The molecule has 11 nitrogen and oxygen atoms in total. The number of amides is 1. The average Bonchev–Trinajstić information content (AvgIpc) is 3.32. The Morgan fingerprint density at radius 2 is 1.90 bits per heavy atom. The Kier molecular flexibility index (Phi) is 8.18. The first-order chi connectivity index (χ1) is 19.0. The molecule has 0 aliphatic rings. The molecule has 0 bridgehead atoms. The summed E-state index contributed by atoms with van der Waals surface area (Å²) >= 11 is 0. The molecule has 0 spiro atoms. The third-order valence-electron chi connectivity index (χ3n) is 5.80. The molecule has 2 N–H and O–H groups in total. The second kappa shape index (κ2) is 11.6. The molecule has 4 rings (SSSR count). The van der Waals surface area contributed by atoms with Crippen molar-refractivity contribution in [1.82, 2.24) is 29.2 Å². The van der Waals surface area contributed by atoms with Gasteiger partial charge in [0.2, 0.25) is 17.7 Å². The Morgan fingerprint density at radius 3 is 2.58 bits per heavy atom. The normalized spacial score (nSPS) is 11.5. The quantitative estimate of drug-likeness (QED) is 0.280. The minimum absolute atomic E-state index is 0.00438. The summed E-state index contributed by atoms with van der Waals surface area (Å²) in [6.45, 7) is 4.84. The van der Waals surface area contributed by atoms with Crippen molar-refractivity contribution in [3.63, 3.8) is 0 Å². The van der Waals surface area contributed by atoms with Crippen LogP contribution in [-0.4, -0.2) is 76.5 Å². The number of ether oxygens (including phenoxy) is 1. The van der Waals surface area contributed by atoms with Gasteiger partial charge in [-0.3, -0.25) is 9.20 Å². The first kappa shape index (κ1) is 28.3.